The highest BCUT2D eigenvalue weighted by Crippen LogP contribution is 2.25. The van der Waals surface area contributed by atoms with Crippen LogP contribution < -0.4 is 15.6 Å². The van der Waals surface area contributed by atoms with Crippen LogP contribution in [0.3, 0.4) is 0 Å². The number of aromatic amines is 1. The first-order chi connectivity index (χ1) is 14.1. The van der Waals surface area contributed by atoms with Crippen LogP contribution in [0.2, 0.25) is 0 Å². The zero-order valence-electron chi connectivity index (χ0n) is 16.0. The molecule has 0 saturated carbocycles. The number of amides is 1. The molecule has 0 aliphatic heterocycles. The normalized spacial score (nSPS) is 13.6. The van der Waals surface area contributed by atoms with Gasteiger partial charge < -0.3 is 15.0 Å². The van der Waals surface area contributed by atoms with E-state index in [1.165, 1.54) is 11.8 Å². The summed E-state index contributed by atoms with van der Waals surface area (Å²) in [6, 6.07) is 16.7. The molecule has 3 aromatic rings. The van der Waals surface area contributed by atoms with Gasteiger partial charge in [0, 0.05) is 11.3 Å². The van der Waals surface area contributed by atoms with Gasteiger partial charge in [0.1, 0.15) is 11.5 Å². The topological polar surface area (TPSA) is 84.1 Å². The van der Waals surface area contributed by atoms with Gasteiger partial charge in [0.2, 0.25) is 5.91 Å². The molecule has 148 valence electrons. The summed E-state index contributed by atoms with van der Waals surface area (Å²) < 4.78 is 5.75. The molecule has 0 spiro atoms. The van der Waals surface area contributed by atoms with Crippen molar-refractivity contribution in [3.05, 3.63) is 76.2 Å². The molecular formula is C22H21N3O3S. The maximum atomic E-state index is 12.5. The molecule has 1 atom stereocenters. The maximum absolute atomic E-state index is 12.5. The second kappa shape index (κ2) is 8.53. The average molecular weight is 407 g/mol. The van der Waals surface area contributed by atoms with E-state index in [9.17, 15) is 9.59 Å². The standard InChI is InChI=1S/C22H21N3O3S/c1-14(29-22-24-19-9-5-8-18(19)21(27)25-22)20(26)23-15-10-12-17(13-11-15)28-16-6-3-2-4-7-16/h2-4,6-7,10-14H,5,8-9H2,1H3,(H,23,26)(H,24,25,27). The molecule has 1 aromatic heterocycles. The number of aryl methyl sites for hydroxylation is 1. The lowest BCUT2D eigenvalue weighted by Gasteiger charge is -2.12. The zero-order valence-corrected chi connectivity index (χ0v) is 16.8. The van der Waals surface area contributed by atoms with E-state index in [0.717, 1.165) is 36.3 Å². The van der Waals surface area contributed by atoms with Crippen molar-refractivity contribution >= 4 is 23.4 Å². The van der Waals surface area contributed by atoms with Crippen LogP contribution in [0.1, 0.15) is 24.6 Å². The molecule has 0 saturated heterocycles. The molecule has 1 aliphatic carbocycles. The fraction of sp³-hybridized carbons (Fsp3) is 0.227. The van der Waals surface area contributed by atoms with Gasteiger partial charge >= 0.3 is 0 Å². The smallest absolute Gasteiger partial charge is 0.254 e. The predicted molar refractivity (Wildman–Crippen MR) is 114 cm³/mol. The van der Waals surface area contributed by atoms with Gasteiger partial charge in [-0.3, -0.25) is 9.59 Å². The molecule has 29 heavy (non-hydrogen) atoms. The molecule has 0 bridgehead atoms. The van der Waals surface area contributed by atoms with Gasteiger partial charge in [0.05, 0.1) is 10.9 Å². The number of thioether (sulfide) groups is 1. The predicted octanol–water partition coefficient (Wildman–Crippen LogP) is 4.17. The second-order valence-electron chi connectivity index (χ2n) is 6.84. The SMILES string of the molecule is CC(Sc1nc2c(c(=O)[nH]1)CCC2)C(=O)Nc1ccc(Oc2ccccc2)cc1. The lowest BCUT2D eigenvalue weighted by atomic mass is 10.3. The number of benzene rings is 2. The Morgan fingerprint density at radius 1 is 1.10 bits per heavy atom. The van der Waals surface area contributed by atoms with Crippen molar-refractivity contribution < 1.29 is 9.53 Å². The number of nitrogens with one attached hydrogen (secondary N) is 2. The van der Waals surface area contributed by atoms with E-state index in [1.54, 1.807) is 31.2 Å². The van der Waals surface area contributed by atoms with Crippen LogP contribution in [-0.4, -0.2) is 21.1 Å². The number of ether oxygens (including phenoxy) is 1. The third-order valence-corrected chi connectivity index (χ3v) is 5.66. The van der Waals surface area contributed by atoms with Crippen LogP contribution in [0.4, 0.5) is 5.69 Å². The minimum absolute atomic E-state index is 0.0865. The first-order valence-electron chi connectivity index (χ1n) is 9.51. The van der Waals surface area contributed by atoms with E-state index in [4.69, 9.17) is 4.74 Å². The second-order valence-corrected chi connectivity index (χ2v) is 8.17. The minimum Gasteiger partial charge on any atom is -0.457 e. The molecule has 1 amide bonds. The Hall–Kier alpha value is -3.06. The number of H-pyrrole nitrogens is 1. The number of nitrogens with zero attached hydrogens (tertiary/aromatic N) is 1. The molecule has 1 aliphatic rings. The van der Waals surface area contributed by atoms with Crippen LogP contribution in [0.25, 0.3) is 0 Å². The third-order valence-electron chi connectivity index (χ3n) is 4.68. The molecular weight excluding hydrogens is 386 g/mol. The summed E-state index contributed by atoms with van der Waals surface area (Å²) in [7, 11) is 0. The third kappa shape index (κ3) is 4.68. The van der Waals surface area contributed by atoms with E-state index in [-0.39, 0.29) is 11.5 Å². The van der Waals surface area contributed by atoms with E-state index in [1.807, 2.05) is 30.3 Å². The van der Waals surface area contributed by atoms with Gasteiger partial charge in [-0.05, 0) is 62.6 Å². The lowest BCUT2D eigenvalue weighted by molar-refractivity contribution is -0.115. The summed E-state index contributed by atoms with van der Waals surface area (Å²) in [5.41, 5.74) is 2.23. The molecule has 0 radical (unpaired) electrons. The molecule has 2 N–H and O–H groups in total. The number of carbonyl (C=O) groups excluding carboxylic acids is 1. The first kappa shape index (κ1) is 19.3. The van der Waals surface area contributed by atoms with Gasteiger partial charge in [0.15, 0.2) is 5.16 Å². The molecule has 6 nitrogen and oxygen atoms in total. The largest absolute Gasteiger partial charge is 0.457 e. The van der Waals surface area contributed by atoms with Gasteiger partial charge in [-0.15, -0.1) is 0 Å². The van der Waals surface area contributed by atoms with E-state index < -0.39 is 5.25 Å². The van der Waals surface area contributed by atoms with Gasteiger partial charge in [-0.25, -0.2) is 4.98 Å². The lowest BCUT2D eigenvalue weighted by Crippen LogP contribution is -2.23. The number of carbonyl (C=O) groups is 1. The number of hydrogen-bond donors (Lipinski definition) is 2. The molecule has 2 aromatic carbocycles. The first-order valence-corrected chi connectivity index (χ1v) is 10.4. The average Bonchev–Trinajstić information content (AvgIpc) is 3.19. The summed E-state index contributed by atoms with van der Waals surface area (Å²) >= 11 is 1.25. The van der Waals surface area contributed by atoms with Gasteiger partial charge in [-0.1, -0.05) is 30.0 Å². The van der Waals surface area contributed by atoms with Crippen molar-refractivity contribution in [2.45, 2.75) is 36.6 Å². The van der Waals surface area contributed by atoms with Crippen LogP contribution in [0, 0.1) is 0 Å². The Kier molecular flexibility index (Phi) is 5.67. The fourth-order valence-corrected chi connectivity index (χ4v) is 3.99. The highest BCUT2D eigenvalue weighted by atomic mass is 32.2. The number of hydrogen-bond acceptors (Lipinski definition) is 5. The van der Waals surface area contributed by atoms with E-state index >= 15 is 0 Å². The van der Waals surface area contributed by atoms with Crippen molar-refractivity contribution in [1.29, 1.82) is 0 Å². The number of rotatable bonds is 6. The van der Waals surface area contributed by atoms with Crippen LogP contribution in [0.5, 0.6) is 11.5 Å². The van der Waals surface area contributed by atoms with Crippen molar-refractivity contribution in [1.82, 2.24) is 9.97 Å². The number of para-hydroxylation sites is 1. The number of aromatic nitrogens is 2. The number of anilines is 1. The van der Waals surface area contributed by atoms with Crippen molar-refractivity contribution in [2.75, 3.05) is 5.32 Å². The van der Waals surface area contributed by atoms with E-state index in [0.29, 0.717) is 16.6 Å². The Morgan fingerprint density at radius 3 is 2.59 bits per heavy atom. The highest BCUT2D eigenvalue weighted by Gasteiger charge is 2.20. The highest BCUT2D eigenvalue weighted by molar-refractivity contribution is 8.00. The monoisotopic (exact) mass is 407 g/mol. The molecule has 1 unspecified atom stereocenters. The Morgan fingerprint density at radius 2 is 1.83 bits per heavy atom. The van der Waals surface area contributed by atoms with Crippen molar-refractivity contribution in [2.24, 2.45) is 0 Å². The minimum atomic E-state index is -0.405. The zero-order chi connectivity index (χ0) is 20.2. The fourth-order valence-electron chi connectivity index (χ4n) is 3.17. The Bertz CT molecular complexity index is 1060. The molecule has 0 fully saturated rings. The van der Waals surface area contributed by atoms with Crippen molar-refractivity contribution in [3.63, 3.8) is 0 Å². The Balaban J connectivity index is 1.36. The van der Waals surface area contributed by atoms with E-state index in [2.05, 4.69) is 15.3 Å². The van der Waals surface area contributed by atoms with Crippen LogP contribution in [0.15, 0.2) is 64.5 Å². The Labute approximate surface area is 172 Å². The summed E-state index contributed by atoms with van der Waals surface area (Å²) in [6.45, 7) is 1.79. The summed E-state index contributed by atoms with van der Waals surface area (Å²) in [5.74, 6) is 1.29. The summed E-state index contributed by atoms with van der Waals surface area (Å²) in [4.78, 5) is 31.9. The molecule has 7 heteroatoms. The van der Waals surface area contributed by atoms with Gasteiger partial charge in [-0.2, -0.15) is 0 Å². The van der Waals surface area contributed by atoms with Crippen LogP contribution in [-0.2, 0) is 17.6 Å². The molecule has 4 rings (SSSR count). The van der Waals surface area contributed by atoms with Crippen LogP contribution >= 0.6 is 11.8 Å². The quantitative estimate of drug-likeness (QED) is 0.473. The maximum Gasteiger partial charge on any atom is 0.254 e. The van der Waals surface area contributed by atoms with Gasteiger partial charge in [0.25, 0.3) is 5.56 Å². The summed E-state index contributed by atoms with van der Waals surface area (Å²) in [5, 5.41) is 2.97. The number of fused-ring (bicyclic) bond motifs is 1. The summed E-state index contributed by atoms with van der Waals surface area (Å²) in [6.07, 6.45) is 2.56. The molecule has 1 heterocycles. The van der Waals surface area contributed by atoms with Crippen molar-refractivity contribution in [3.8, 4) is 11.5 Å².